The van der Waals surface area contributed by atoms with E-state index in [-0.39, 0.29) is 24.5 Å². The number of benzene rings is 2. The van der Waals surface area contributed by atoms with Crippen molar-refractivity contribution in [2.24, 2.45) is 0 Å². The number of fused-ring (bicyclic) bond motifs is 1. The van der Waals surface area contributed by atoms with Gasteiger partial charge < -0.3 is 24.3 Å². The van der Waals surface area contributed by atoms with Crippen LogP contribution in [0.25, 0.3) is 17.0 Å². The standard InChI is InChI=1S/C30H34N4O4S/c1-4-20-8-6-10-25-21(18-33(28(20)25)19-27(35)31-17-24-9-7-15-38-24)16-26-29(36)34(30(39)32(26)3)22-11-13-23(14-12-22)37-5-2/h6,8,10-14,16,18,24H,4-5,7,9,15,17,19H2,1-3H3,(H,31,35)/b26-16-/t24-/m0/s1. The first-order chi connectivity index (χ1) is 18.9. The van der Waals surface area contributed by atoms with E-state index in [1.54, 1.807) is 11.9 Å². The maximum absolute atomic E-state index is 13.6. The number of carbonyl (C=O) groups excluding carboxylic acids is 2. The second-order valence-electron chi connectivity index (χ2n) is 9.76. The zero-order valence-corrected chi connectivity index (χ0v) is 23.4. The number of anilines is 1. The Labute approximate surface area is 234 Å². The number of ether oxygens (including phenoxy) is 2. The van der Waals surface area contributed by atoms with Crippen LogP contribution in [0, 0.1) is 0 Å². The first-order valence-electron chi connectivity index (χ1n) is 13.5. The molecule has 2 aromatic carbocycles. The lowest BCUT2D eigenvalue weighted by atomic mass is 10.1. The van der Waals surface area contributed by atoms with Crippen LogP contribution in [0.15, 0.2) is 54.4 Å². The van der Waals surface area contributed by atoms with Crippen molar-refractivity contribution in [1.29, 1.82) is 0 Å². The van der Waals surface area contributed by atoms with Crippen LogP contribution in [-0.4, -0.2) is 59.3 Å². The van der Waals surface area contributed by atoms with E-state index in [4.69, 9.17) is 21.7 Å². The number of hydrogen-bond donors (Lipinski definition) is 1. The lowest BCUT2D eigenvalue weighted by Crippen LogP contribution is -2.34. The van der Waals surface area contributed by atoms with Crippen molar-refractivity contribution in [3.63, 3.8) is 0 Å². The van der Waals surface area contributed by atoms with Gasteiger partial charge in [-0.05, 0) is 74.3 Å². The van der Waals surface area contributed by atoms with Gasteiger partial charge in [-0.15, -0.1) is 0 Å². The Morgan fingerprint density at radius 1 is 1.21 bits per heavy atom. The fourth-order valence-electron chi connectivity index (χ4n) is 5.22. The summed E-state index contributed by atoms with van der Waals surface area (Å²) < 4.78 is 13.2. The highest BCUT2D eigenvalue weighted by Gasteiger charge is 2.37. The largest absolute Gasteiger partial charge is 0.494 e. The number of rotatable bonds is 9. The van der Waals surface area contributed by atoms with E-state index in [0.29, 0.717) is 29.6 Å². The van der Waals surface area contributed by atoms with Gasteiger partial charge in [0, 0.05) is 37.3 Å². The number of aromatic nitrogens is 1. The number of thiocarbonyl (C=S) groups is 1. The molecule has 2 fully saturated rings. The van der Waals surface area contributed by atoms with Crippen LogP contribution in [0.1, 0.15) is 37.8 Å². The van der Waals surface area contributed by atoms with E-state index in [1.807, 2.05) is 60.2 Å². The highest BCUT2D eigenvalue weighted by Crippen LogP contribution is 2.32. The van der Waals surface area contributed by atoms with E-state index in [2.05, 4.69) is 18.3 Å². The lowest BCUT2D eigenvalue weighted by molar-refractivity contribution is -0.122. The summed E-state index contributed by atoms with van der Waals surface area (Å²) in [6.45, 7) is 6.06. The molecule has 0 radical (unpaired) electrons. The molecule has 3 aromatic rings. The molecular weight excluding hydrogens is 512 g/mol. The maximum atomic E-state index is 13.6. The molecule has 204 valence electrons. The molecule has 5 rings (SSSR count). The van der Waals surface area contributed by atoms with Crippen LogP contribution < -0.4 is 15.0 Å². The van der Waals surface area contributed by atoms with Gasteiger partial charge in [0.15, 0.2) is 5.11 Å². The molecule has 3 heterocycles. The third kappa shape index (κ3) is 5.42. The van der Waals surface area contributed by atoms with Crippen molar-refractivity contribution in [3.8, 4) is 5.75 Å². The fraction of sp³-hybridized carbons (Fsp3) is 0.367. The number of para-hydroxylation sites is 1. The molecule has 1 aromatic heterocycles. The van der Waals surface area contributed by atoms with Gasteiger partial charge >= 0.3 is 0 Å². The van der Waals surface area contributed by atoms with E-state index in [1.165, 1.54) is 4.90 Å². The third-order valence-corrected chi connectivity index (χ3v) is 7.67. The monoisotopic (exact) mass is 546 g/mol. The van der Waals surface area contributed by atoms with Gasteiger partial charge in [-0.25, -0.2) is 0 Å². The summed E-state index contributed by atoms with van der Waals surface area (Å²) in [5, 5.41) is 4.41. The second-order valence-corrected chi connectivity index (χ2v) is 10.1. The van der Waals surface area contributed by atoms with E-state index in [0.717, 1.165) is 53.6 Å². The van der Waals surface area contributed by atoms with Crippen molar-refractivity contribution in [2.45, 2.75) is 45.8 Å². The van der Waals surface area contributed by atoms with Crippen LogP contribution in [0.3, 0.4) is 0 Å². The SMILES string of the molecule is CCOc1ccc(N2C(=O)/C(=C/c3cn(CC(=O)NC[C@@H]4CCCO4)c4c(CC)cccc34)N(C)C2=S)cc1. The molecule has 0 spiro atoms. The summed E-state index contributed by atoms with van der Waals surface area (Å²) in [7, 11) is 1.80. The molecule has 39 heavy (non-hydrogen) atoms. The predicted molar refractivity (Wildman–Crippen MR) is 157 cm³/mol. The maximum Gasteiger partial charge on any atom is 0.281 e. The Hall–Kier alpha value is -3.69. The summed E-state index contributed by atoms with van der Waals surface area (Å²) in [6.07, 6.45) is 6.74. The van der Waals surface area contributed by atoms with Crippen LogP contribution in [0.5, 0.6) is 5.75 Å². The lowest BCUT2D eigenvalue weighted by Gasteiger charge is -2.16. The normalized spacial score (nSPS) is 18.5. The summed E-state index contributed by atoms with van der Waals surface area (Å²) >= 11 is 5.66. The smallest absolute Gasteiger partial charge is 0.281 e. The molecule has 2 saturated heterocycles. The van der Waals surface area contributed by atoms with Gasteiger partial charge in [0.25, 0.3) is 5.91 Å². The van der Waals surface area contributed by atoms with E-state index < -0.39 is 0 Å². The topological polar surface area (TPSA) is 76.0 Å². The minimum absolute atomic E-state index is 0.0653. The first-order valence-corrected chi connectivity index (χ1v) is 13.9. The van der Waals surface area contributed by atoms with Crippen molar-refractivity contribution in [2.75, 3.05) is 31.7 Å². The van der Waals surface area contributed by atoms with Crippen LogP contribution in [-0.2, 0) is 27.3 Å². The average molecular weight is 547 g/mol. The van der Waals surface area contributed by atoms with Gasteiger partial charge in [0.1, 0.15) is 18.0 Å². The highest BCUT2D eigenvalue weighted by molar-refractivity contribution is 7.80. The number of amides is 2. The van der Waals surface area contributed by atoms with E-state index >= 15 is 0 Å². The molecular formula is C30H34N4O4S. The first kappa shape index (κ1) is 26.9. The zero-order chi connectivity index (χ0) is 27.5. The van der Waals surface area contributed by atoms with Crippen molar-refractivity contribution in [1.82, 2.24) is 14.8 Å². The molecule has 1 atom stereocenters. The molecule has 1 N–H and O–H groups in total. The summed E-state index contributed by atoms with van der Waals surface area (Å²) in [4.78, 5) is 29.8. The molecule has 0 unspecified atom stereocenters. The summed E-state index contributed by atoms with van der Waals surface area (Å²) in [5.41, 5.74) is 4.15. The molecule has 2 amide bonds. The average Bonchev–Trinajstić information content (AvgIpc) is 3.64. The zero-order valence-electron chi connectivity index (χ0n) is 22.6. The van der Waals surface area contributed by atoms with Crippen molar-refractivity contribution < 1.29 is 19.1 Å². The Kier molecular flexibility index (Phi) is 7.99. The minimum atomic E-state index is -0.200. The third-order valence-electron chi connectivity index (χ3n) is 7.22. The molecule has 0 bridgehead atoms. The number of hydrogen-bond acceptors (Lipinski definition) is 5. The van der Waals surface area contributed by atoms with Gasteiger partial charge in [0.2, 0.25) is 5.91 Å². The Bertz CT molecular complexity index is 1420. The minimum Gasteiger partial charge on any atom is -0.494 e. The Balaban J connectivity index is 1.45. The number of carbonyl (C=O) groups is 2. The number of aryl methyl sites for hydroxylation is 1. The molecule has 2 aliphatic rings. The highest BCUT2D eigenvalue weighted by atomic mass is 32.1. The number of nitrogens with one attached hydrogen (secondary N) is 1. The van der Waals surface area contributed by atoms with Crippen LogP contribution >= 0.6 is 12.2 Å². The number of nitrogens with zero attached hydrogens (tertiary/aromatic N) is 3. The predicted octanol–water partition coefficient (Wildman–Crippen LogP) is 4.50. The number of likely N-dealkylation sites (N-methyl/N-ethyl adjacent to an activating group) is 1. The van der Waals surface area contributed by atoms with Crippen molar-refractivity contribution >= 4 is 51.8 Å². The fourth-order valence-corrected chi connectivity index (χ4v) is 5.51. The summed E-state index contributed by atoms with van der Waals surface area (Å²) in [6, 6.07) is 13.5. The Morgan fingerprint density at radius 2 is 2.00 bits per heavy atom. The molecule has 0 aliphatic carbocycles. The molecule has 8 nitrogen and oxygen atoms in total. The molecule has 9 heteroatoms. The van der Waals surface area contributed by atoms with Gasteiger partial charge in [-0.2, -0.15) is 0 Å². The summed E-state index contributed by atoms with van der Waals surface area (Å²) in [5.74, 6) is 0.472. The van der Waals surface area contributed by atoms with E-state index in [9.17, 15) is 9.59 Å². The van der Waals surface area contributed by atoms with Crippen molar-refractivity contribution in [3.05, 3.63) is 65.5 Å². The Morgan fingerprint density at radius 3 is 2.69 bits per heavy atom. The van der Waals surface area contributed by atoms with Crippen LogP contribution in [0.2, 0.25) is 0 Å². The molecule has 2 aliphatic heterocycles. The van der Waals surface area contributed by atoms with Gasteiger partial charge in [-0.3, -0.25) is 14.5 Å². The van der Waals surface area contributed by atoms with Gasteiger partial charge in [0.05, 0.1) is 23.9 Å². The van der Waals surface area contributed by atoms with Crippen LogP contribution in [0.4, 0.5) is 5.69 Å². The molecule has 0 saturated carbocycles. The van der Waals surface area contributed by atoms with Gasteiger partial charge in [-0.1, -0.05) is 25.1 Å². The second kappa shape index (κ2) is 11.6. The quantitative estimate of drug-likeness (QED) is 0.315.